The molecule has 0 saturated carbocycles. The molecule has 1 amide bonds. The minimum absolute atomic E-state index is 0.223. The van der Waals surface area contributed by atoms with E-state index in [9.17, 15) is 4.79 Å². The number of amides is 1. The average Bonchev–Trinajstić information content (AvgIpc) is 3.37. The Balaban J connectivity index is 1.41. The monoisotopic (exact) mass is 388 g/mol. The van der Waals surface area contributed by atoms with Crippen molar-refractivity contribution in [3.05, 3.63) is 66.0 Å². The van der Waals surface area contributed by atoms with Crippen molar-refractivity contribution in [3.8, 4) is 16.9 Å². The van der Waals surface area contributed by atoms with Crippen molar-refractivity contribution in [3.63, 3.8) is 0 Å². The molecular formula is C20H16N6O3. The number of carbonyl (C=O) groups excluding carboxylic acids is 1. The first kappa shape index (κ1) is 17.2. The van der Waals surface area contributed by atoms with E-state index < -0.39 is 0 Å². The summed E-state index contributed by atoms with van der Waals surface area (Å²) in [4.78, 5) is 21.8. The second-order valence-electron chi connectivity index (χ2n) is 6.83. The van der Waals surface area contributed by atoms with Crippen molar-refractivity contribution in [2.24, 2.45) is 0 Å². The first-order valence-corrected chi connectivity index (χ1v) is 9.12. The summed E-state index contributed by atoms with van der Waals surface area (Å²) in [5.41, 5.74) is 3.27. The number of anilines is 1. The zero-order valence-electron chi connectivity index (χ0n) is 15.3. The zero-order valence-corrected chi connectivity index (χ0v) is 15.3. The van der Waals surface area contributed by atoms with Crippen LogP contribution in [-0.4, -0.2) is 44.8 Å². The molecule has 0 spiro atoms. The summed E-state index contributed by atoms with van der Waals surface area (Å²) in [7, 11) is 0. The molecule has 0 aliphatic carbocycles. The van der Waals surface area contributed by atoms with Crippen molar-refractivity contribution < 1.29 is 14.3 Å². The van der Waals surface area contributed by atoms with Gasteiger partial charge in [-0.15, -0.1) is 5.10 Å². The van der Waals surface area contributed by atoms with Crippen molar-refractivity contribution in [1.82, 2.24) is 20.0 Å². The fraction of sp³-hybridized carbons (Fsp3) is 0.250. The minimum atomic E-state index is -0.387. The summed E-state index contributed by atoms with van der Waals surface area (Å²) in [6.45, 7) is 7.95. The Morgan fingerprint density at radius 3 is 2.90 bits per heavy atom. The smallest absolute Gasteiger partial charge is 0.415 e. The average molecular weight is 388 g/mol. The number of hydrogen-bond acceptors (Lipinski definition) is 6. The predicted molar refractivity (Wildman–Crippen MR) is 102 cm³/mol. The molecule has 0 bridgehead atoms. The second-order valence-corrected chi connectivity index (χ2v) is 6.83. The van der Waals surface area contributed by atoms with E-state index in [2.05, 4.69) is 20.1 Å². The highest BCUT2D eigenvalue weighted by atomic mass is 16.6. The van der Waals surface area contributed by atoms with E-state index in [4.69, 9.17) is 16.0 Å². The summed E-state index contributed by atoms with van der Waals surface area (Å²) >= 11 is 0. The van der Waals surface area contributed by atoms with Crippen LogP contribution in [0.5, 0.6) is 5.75 Å². The highest BCUT2D eigenvalue weighted by molar-refractivity contribution is 5.94. The molecule has 0 radical (unpaired) electrons. The number of benzene rings is 1. The van der Waals surface area contributed by atoms with Crippen molar-refractivity contribution in [2.75, 3.05) is 11.5 Å². The molecule has 2 atom stereocenters. The van der Waals surface area contributed by atoms with Gasteiger partial charge in [-0.2, -0.15) is 0 Å². The van der Waals surface area contributed by atoms with Gasteiger partial charge in [0.15, 0.2) is 0 Å². The highest BCUT2D eigenvalue weighted by Crippen LogP contribution is 2.41. The Bertz CT molecular complexity index is 1090. The lowest BCUT2D eigenvalue weighted by molar-refractivity contribution is 0.106. The normalized spacial score (nSPS) is 19.7. The van der Waals surface area contributed by atoms with Gasteiger partial charge in [0.25, 0.3) is 6.54 Å². The number of rotatable bonds is 4. The number of aromatic nitrogens is 4. The summed E-state index contributed by atoms with van der Waals surface area (Å²) in [5.74, 6) is 0.627. The van der Waals surface area contributed by atoms with E-state index in [1.165, 1.54) is 0 Å². The van der Waals surface area contributed by atoms with Crippen LogP contribution < -0.4 is 9.64 Å². The molecule has 5 rings (SSSR count). The molecule has 144 valence electrons. The van der Waals surface area contributed by atoms with Crippen LogP contribution in [0.15, 0.2) is 48.9 Å². The Morgan fingerprint density at radius 2 is 2.14 bits per heavy atom. The van der Waals surface area contributed by atoms with E-state index in [0.29, 0.717) is 24.6 Å². The number of ether oxygens (including phenoxy) is 2. The second kappa shape index (κ2) is 6.91. The molecule has 0 N–H and O–H groups in total. The van der Waals surface area contributed by atoms with Crippen LogP contribution in [0.3, 0.4) is 0 Å². The van der Waals surface area contributed by atoms with Crippen LogP contribution in [0.2, 0.25) is 0 Å². The quantitative estimate of drug-likeness (QED) is 0.639. The Labute approximate surface area is 166 Å². The first-order chi connectivity index (χ1) is 14.2. The highest BCUT2D eigenvalue weighted by Gasteiger charge is 2.46. The van der Waals surface area contributed by atoms with Crippen LogP contribution in [0, 0.1) is 6.57 Å². The van der Waals surface area contributed by atoms with Gasteiger partial charge in [0.05, 0.1) is 18.4 Å². The van der Waals surface area contributed by atoms with E-state index in [1.807, 2.05) is 30.3 Å². The maximum absolute atomic E-state index is 12.5. The van der Waals surface area contributed by atoms with Crippen LogP contribution in [0.1, 0.15) is 5.69 Å². The number of cyclic esters (lactones) is 1. The molecule has 1 aromatic carbocycles. The van der Waals surface area contributed by atoms with Gasteiger partial charge in [0.1, 0.15) is 30.2 Å². The molecule has 0 unspecified atom stereocenters. The number of hydrogen-bond donors (Lipinski definition) is 0. The van der Waals surface area contributed by atoms with Gasteiger partial charge in [0, 0.05) is 18.0 Å². The van der Waals surface area contributed by atoms with Gasteiger partial charge in [0.2, 0.25) is 0 Å². The van der Waals surface area contributed by atoms with Gasteiger partial charge in [-0.25, -0.2) is 16.0 Å². The maximum Gasteiger partial charge on any atom is 0.415 e. The number of pyridine rings is 1. The largest absolute Gasteiger partial charge is 0.489 e. The van der Waals surface area contributed by atoms with E-state index in [0.717, 1.165) is 16.8 Å². The Hall–Kier alpha value is -3.93. The topological polar surface area (TPSA) is 86.7 Å². The van der Waals surface area contributed by atoms with E-state index in [-0.39, 0.29) is 24.8 Å². The third kappa shape index (κ3) is 3.04. The number of carbonyl (C=O) groups is 1. The summed E-state index contributed by atoms with van der Waals surface area (Å²) < 4.78 is 13.2. The van der Waals surface area contributed by atoms with Crippen LogP contribution in [0.4, 0.5) is 10.5 Å². The fourth-order valence-corrected chi connectivity index (χ4v) is 3.65. The van der Waals surface area contributed by atoms with Gasteiger partial charge in [-0.3, -0.25) is 9.88 Å². The minimum Gasteiger partial charge on any atom is -0.489 e. The molecule has 2 aromatic heterocycles. The van der Waals surface area contributed by atoms with Gasteiger partial charge in [-0.05, 0) is 23.8 Å². The van der Waals surface area contributed by atoms with Crippen molar-refractivity contribution in [2.45, 2.75) is 25.2 Å². The lowest BCUT2D eigenvalue weighted by atomic mass is 10.0. The van der Waals surface area contributed by atoms with Crippen molar-refractivity contribution in [1.29, 1.82) is 0 Å². The van der Waals surface area contributed by atoms with Gasteiger partial charge < -0.3 is 14.3 Å². The standard InChI is InChI=1S/C20H16N6O3/c1-21-10-15-4-2-14(9-22-15)13-3-5-16-18(8-13)28-12-17-19(29-20(27)26(16)17)11-25-7-6-23-24-25/h2-9,17,19H,10-12H2/t17-,19-/m0/s1. The van der Waals surface area contributed by atoms with Crippen LogP contribution in [0.25, 0.3) is 16.0 Å². The molecule has 2 aliphatic heterocycles. The third-order valence-corrected chi connectivity index (χ3v) is 5.08. The van der Waals surface area contributed by atoms with E-state index >= 15 is 0 Å². The molecule has 9 nitrogen and oxygen atoms in total. The lowest BCUT2D eigenvalue weighted by Crippen LogP contribution is -2.45. The molecule has 1 saturated heterocycles. The summed E-state index contributed by atoms with van der Waals surface area (Å²) in [5, 5.41) is 7.73. The molecule has 2 aliphatic rings. The van der Waals surface area contributed by atoms with E-state index in [1.54, 1.807) is 28.2 Å². The van der Waals surface area contributed by atoms with Crippen LogP contribution >= 0.6 is 0 Å². The third-order valence-electron chi connectivity index (χ3n) is 5.08. The fourth-order valence-electron chi connectivity index (χ4n) is 3.65. The Kier molecular flexibility index (Phi) is 4.09. The molecule has 1 fully saturated rings. The molecular weight excluding hydrogens is 372 g/mol. The molecule has 29 heavy (non-hydrogen) atoms. The lowest BCUT2D eigenvalue weighted by Gasteiger charge is -2.31. The summed E-state index contributed by atoms with van der Waals surface area (Å²) in [6, 6.07) is 9.24. The molecule has 3 aromatic rings. The first-order valence-electron chi connectivity index (χ1n) is 9.12. The number of fused-ring (bicyclic) bond motifs is 3. The number of nitrogens with zero attached hydrogens (tertiary/aromatic N) is 6. The molecule has 9 heteroatoms. The maximum atomic E-state index is 12.5. The summed E-state index contributed by atoms with van der Waals surface area (Å²) in [6.07, 6.45) is 4.31. The van der Waals surface area contributed by atoms with Gasteiger partial charge in [-0.1, -0.05) is 17.3 Å². The zero-order chi connectivity index (χ0) is 19.8. The predicted octanol–water partition coefficient (Wildman–Crippen LogP) is 2.55. The van der Waals surface area contributed by atoms with Crippen molar-refractivity contribution >= 4 is 11.8 Å². The molecule has 4 heterocycles. The van der Waals surface area contributed by atoms with Crippen LogP contribution in [-0.2, 0) is 17.8 Å². The van der Waals surface area contributed by atoms with Gasteiger partial charge >= 0.3 is 6.09 Å². The Morgan fingerprint density at radius 1 is 1.24 bits per heavy atom. The SMILES string of the molecule is [C-]#[N+]Cc1ccc(-c2ccc3c(c2)OC[C@H]2[C@H](Cn4ccnn4)OC(=O)N32)cn1.